The first-order chi connectivity index (χ1) is 15.4. The molecule has 0 radical (unpaired) electrons. The summed E-state index contributed by atoms with van der Waals surface area (Å²) in [5.74, 6) is -0.741. The minimum Gasteiger partial charge on any atom is -0.407 e. The van der Waals surface area contributed by atoms with E-state index in [1.807, 2.05) is 24.3 Å². The number of hydrogen-bond acceptors (Lipinski definition) is 7. The third kappa shape index (κ3) is 4.80. The van der Waals surface area contributed by atoms with E-state index in [9.17, 15) is 19.7 Å². The van der Waals surface area contributed by atoms with Crippen LogP contribution in [-0.4, -0.2) is 53.5 Å². The quantitative estimate of drug-likeness (QED) is 0.445. The summed E-state index contributed by atoms with van der Waals surface area (Å²) < 4.78 is 6.49. The summed E-state index contributed by atoms with van der Waals surface area (Å²) in [6.45, 7) is 4.31. The summed E-state index contributed by atoms with van der Waals surface area (Å²) in [6.07, 6.45) is 0.656. The van der Waals surface area contributed by atoms with Crippen LogP contribution in [0.3, 0.4) is 0 Å². The highest BCUT2D eigenvalue weighted by molar-refractivity contribution is 5.90. The Bertz CT molecular complexity index is 1180. The van der Waals surface area contributed by atoms with Gasteiger partial charge < -0.3 is 19.5 Å². The number of anilines is 2. The Balaban J connectivity index is 1.30. The molecule has 1 saturated heterocycles. The van der Waals surface area contributed by atoms with E-state index < -0.39 is 10.7 Å². The normalized spacial score (nSPS) is 14.6. The monoisotopic (exact) mass is 439 g/mol. The molecule has 32 heavy (non-hydrogen) atoms. The Morgan fingerprint density at radius 1 is 1.12 bits per heavy atom. The van der Waals surface area contributed by atoms with E-state index in [0.717, 1.165) is 37.6 Å². The molecule has 4 rings (SSSR count). The molecule has 0 unspecified atom stereocenters. The maximum absolute atomic E-state index is 12.3. The number of aromatic nitrogens is 1. The van der Waals surface area contributed by atoms with Crippen LogP contribution in [0.25, 0.3) is 11.1 Å². The summed E-state index contributed by atoms with van der Waals surface area (Å²) in [6, 6.07) is 11.9. The van der Waals surface area contributed by atoms with Crippen molar-refractivity contribution >= 4 is 34.1 Å². The lowest BCUT2D eigenvalue weighted by atomic mass is 10.2. The molecule has 0 bridgehead atoms. The minimum atomic E-state index is -0.597. The fraction of sp³-hybridized carbons (Fsp3) is 0.364. The summed E-state index contributed by atoms with van der Waals surface area (Å²) >= 11 is 0. The van der Waals surface area contributed by atoms with Gasteiger partial charge in [0.05, 0.1) is 16.5 Å². The molecule has 2 aromatic carbocycles. The number of hydrogen-bond donors (Lipinski definition) is 1. The number of nitrogens with one attached hydrogen (secondary N) is 1. The molecule has 2 heterocycles. The summed E-state index contributed by atoms with van der Waals surface area (Å²) in [5.41, 5.74) is 2.36. The van der Waals surface area contributed by atoms with Gasteiger partial charge in [-0.1, -0.05) is 0 Å². The molecular weight excluding hydrogens is 414 g/mol. The Labute approximate surface area is 184 Å². The van der Waals surface area contributed by atoms with Gasteiger partial charge in [-0.2, -0.15) is 0 Å². The number of carbonyl (C=O) groups is 1. The highest BCUT2D eigenvalue weighted by Gasteiger charge is 2.15. The van der Waals surface area contributed by atoms with Gasteiger partial charge in [-0.15, -0.1) is 0 Å². The van der Waals surface area contributed by atoms with Crippen LogP contribution in [0.15, 0.2) is 51.7 Å². The second-order valence-corrected chi connectivity index (χ2v) is 7.92. The van der Waals surface area contributed by atoms with Crippen molar-refractivity contribution < 1.29 is 14.1 Å². The molecule has 168 valence electrons. The van der Waals surface area contributed by atoms with Crippen molar-refractivity contribution in [2.24, 2.45) is 0 Å². The molecule has 1 aliphatic heterocycles. The number of nitro groups is 1. The molecule has 1 fully saturated rings. The zero-order valence-electron chi connectivity index (χ0n) is 17.8. The number of piperazine rings is 1. The van der Waals surface area contributed by atoms with Crippen LogP contribution in [0.1, 0.15) is 12.8 Å². The highest BCUT2D eigenvalue weighted by Crippen LogP contribution is 2.21. The second kappa shape index (κ2) is 9.23. The fourth-order valence-corrected chi connectivity index (χ4v) is 3.82. The summed E-state index contributed by atoms with van der Waals surface area (Å²) in [4.78, 5) is 39.4. The Morgan fingerprint density at radius 3 is 2.53 bits per heavy atom. The number of nitrogens with zero attached hydrogens (tertiary/aromatic N) is 4. The second-order valence-electron chi connectivity index (χ2n) is 7.92. The lowest BCUT2D eigenvalue weighted by Gasteiger charge is -2.34. The van der Waals surface area contributed by atoms with Crippen molar-refractivity contribution in [3.05, 3.63) is 63.1 Å². The van der Waals surface area contributed by atoms with Crippen LogP contribution in [0, 0.1) is 10.1 Å². The smallest absolute Gasteiger partial charge is 0.407 e. The number of likely N-dealkylation sites (N-methyl/N-ethyl adjacent to an activating group) is 1. The van der Waals surface area contributed by atoms with Crippen molar-refractivity contribution in [2.45, 2.75) is 19.4 Å². The van der Waals surface area contributed by atoms with Gasteiger partial charge in [-0.05, 0) is 43.8 Å². The van der Waals surface area contributed by atoms with Crippen LogP contribution < -0.4 is 16.0 Å². The number of oxazole rings is 1. The van der Waals surface area contributed by atoms with E-state index in [2.05, 4.69) is 22.2 Å². The number of aryl methyl sites for hydroxylation is 1. The molecule has 1 aromatic heterocycles. The molecule has 3 aromatic rings. The minimum absolute atomic E-state index is 0.142. The van der Waals surface area contributed by atoms with E-state index in [4.69, 9.17) is 4.42 Å². The number of rotatable bonds is 7. The largest absolute Gasteiger partial charge is 0.419 e. The van der Waals surface area contributed by atoms with Gasteiger partial charge in [-0.3, -0.25) is 19.5 Å². The van der Waals surface area contributed by atoms with Crippen molar-refractivity contribution in [3.8, 4) is 0 Å². The van der Waals surface area contributed by atoms with Crippen LogP contribution in [0.2, 0.25) is 0 Å². The van der Waals surface area contributed by atoms with E-state index in [-0.39, 0.29) is 30.1 Å². The predicted octanol–water partition coefficient (Wildman–Crippen LogP) is 2.67. The lowest BCUT2D eigenvalue weighted by molar-refractivity contribution is -0.384. The van der Waals surface area contributed by atoms with Crippen LogP contribution in [0.4, 0.5) is 17.1 Å². The Hall–Kier alpha value is -3.66. The number of fused-ring (bicyclic) bond motifs is 1. The van der Waals surface area contributed by atoms with Gasteiger partial charge in [-0.25, -0.2) is 4.79 Å². The molecule has 0 aliphatic carbocycles. The van der Waals surface area contributed by atoms with Gasteiger partial charge in [0, 0.05) is 56.6 Å². The van der Waals surface area contributed by atoms with Crippen LogP contribution in [-0.2, 0) is 11.3 Å². The summed E-state index contributed by atoms with van der Waals surface area (Å²) in [7, 11) is 2.12. The van der Waals surface area contributed by atoms with E-state index in [1.165, 1.54) is 22.8 Å². The van der Waals surface area contributed by atoms with Gasteiger partial charge in [0.25, 0.3) is 5.69 Å². The molecular formula is C22H25N5O5. The van der Waals surface area contributed by atoms with E-state index in [0.29, 0.717) is 11.9 Å². The molecule has 1 aliphatic rings. The Morgan fingerprint density at radius 2 is 1.84 bits per heavy atom. The number of amides is 1. The number of benzene rings is 2. The molecule has 0 spiro atoms. The number of non-ortho nitro benzene ring substituents is 1. The molecule has 1 amide bonds. The third-order valence-electron chi connectivity index (χ3n) is 5.67. The molecule has 0 saturated carbocycles. The Kier molecular flexibility index (Phi) is 6.22. The number of nitro benzene ring substituents is 1. The topological polar surface area (TPSA) is 114 Å². The summed E-state index contributed by atoms with van der Waals surface area (Å²) in [5, 5.41) is 13.8. The first-order valence-corrected chi connectivity index (χ1v) is 10.5. The van der Waals surface area contributed by atoms with Crippen molar-refractivity contribution in [2.75, 3.05) is 43.4 Å². The average Bonchev–Trinajstić information content (AvgIpc) is 3.09. The first kappa shape index (κ1) is 21.6. The van der Waals surface area contributed by atoms with Crippen LogP contribution in [0.5, 0.6) is 0 Å². The maximum atomic E-state index is 12.3. The molecule has 1 N–H and O–H groups in total. The first-order valence-electron chi connectivity index (χ1n) is 10.5. The molecule has 10 nitrogen and oxygen atoms in total. The van der Waals surface area contributed by atoms with Crippen molar-refractivity contribution in [1.82, 2.24) is 9.47 Å². The molecule has 10 heteroatoms. The SMILES string of the molecule is CN1CCN(c2ccc(NC(=O)CCCn3c(=O)oc4cc([N+](=O)[O-])ccc43)cc2)CC1. The third-order valence-corrected chi connectivity index (χ3v) is 5.67. The van der Waals surface area contributed by atoms with Crippen molar-refractivity contribution in [3.63, 3.8) is 0 Å². The van der Waals surface area contributed by atoms with Crippen LogP contribution >= 0.6 is 0 Å². The van der Waals surface area contributed by atoms with Gasteiger partial charge in [0.1, 0.15) is 0 Å². The van der Waals surface area contributed by atoms with Gasteiger partial charge in [0.2, 0.25) is 5.91 Å². The van der Waals surface area contributed by atoms with Gasteiger partial charge >= 0.3 is 5.76 Å². The fourth-order valence-electron chi connectivity index (χ4n) is 3.82. The predicted molar refractivity (Wildman–Crippen MR) is 121 cm³/mol. The number of carbonyl (C=O) groups excluding carboxylic acids is 1. The molecule has 0 atom stereocenters. The average molecular weight is 439 g/mol. The van der Waals surface area contributed by atoms with E-state index >= 15 is 0 Å². The zero-order chi connectivity index (χ0) is 22.7. The standard InChI is InChI=1S/C22H25N5O5/c1-24-11-13-25(14-12-24)17-6-4-16(5-7-17)23-21(28)3-2-10-26-19-9-8-18(27(30)31)15-20(19)32-22(26)29/h4-9,15H,2-3,10-14H2,1H3,(H,23,28). The maximum Gasteiger partial charge on any atom is 0.419 e. The van der Waals surface area contributed by atoms with Crippen molar-refractivity contribution in [1.29, 1.82) is 0 Å². The highest BCUT2D eigenvalue weighted by atomic mass is 16.6. The van der Waals surface area contributed by atoms with E-state index in [1.54, 1.807) is 0 Å². The zero-order valence-corrected chi connectivity index (χ0v) is 17.8. The lowest BCUT2D eigenvalue weighted by Crippen LogP contribution is -2.44. The van der Waals surface area contributed by atoms with Gasteiger partial charge in [0.15, 0.2) is 5.58 Å².